The van der Waals surface area contributed by atoms with Crippen LogP contribution < -0.4 is 10.2 Å². The Labute approximate surface area is 148 Å². The van der Waals surface area contributed by atoms with E-state index in [0.29, 0.717) is 12.6 Å². The summed E-state index contributed by atoms with van der Waals surface area (Å²) in [6.07, 6.45) is 10.3. The van der Waals surface area contributed by atoms with Gasteiger partial charge in [0, 0.05) is 19.3 Å². The Morgan fingerprint density at radius 3 is 3.00 bits per heavy atom. The first-order valence-corrected chi connectivity index (χ1v) is 9.36. The molecule has 132 valence electrons. The molecule has 1 aliphatic heterocycles. The number of hydrogen-bond acceptors (Lipinski definition) is 4. The minimum atomic E-state index is 0.0449. The molecule has 0 atom stereocenters. The van der Waals surface area contributed by atoms with Crippen molar-refractivity contribution in [2.45, 2.75) is 51.5 Å². The zero-order valence-corrected chi connectivity index (χ0v) is 14.7. The number of pyridine rings is 1. The molecule has 1 aliphatic carbocycles. The number of carbonyl (C=O) groups excluding carboxylic acids is 1. The summed E-state index contributed by atoms with van der Waals surface area (Å²) in [5.41, 5.74) is 2.71. The van der Waals surface area contributed by atoms with Crippen molar-refractivity contribution in [1.29, 1.82) is 0 Å². The third-order valence-corrected chi connectivity index (χ3v) is 5.24. The van der Waals surface area contributed by atoms with Crippen LogP contribution in [-0.4, -0.2) is 33.8 Å². The Bertz CT molecular complexity index is 763. The van der Waals surface area contributed by atoms with Crippen LogP contribution >= 0.6 is 0 Å². The molecule has 2 aliphatic rings. The molecule has 0 aromatic carbocycles. The molecule has 0 bridgehead atoms. The van der Waals surface area contributed by atoms with Crippen molar-refractivity contribution in [2.24, 2.45) is 0 Å². The Morgan fingerprint density at radius 2 is 2.20 bits per heavy atom. The lowest BCUT2D eigenvalue weighted by Gasteiger charge is -2.29. The number of nitrogens with one attached hydrogen (secondary N) is 1. The monoisotopic (exact) mass is 339 g/mol. The van der Waals surface area contributed by atoms with Crippen LogP contribution in [0.25, 0.3) is 0 Å². The molecule has 1 amide bonds. The van der Waals surface area contributed by atoms with Crippen LogP contribution in [0, 0.1) is 0 Å². The second kappa shape index (κ2) is 6.86. The lowest BCUT2D eigenvalue weighted by molar-refractivity contribution is 0.0986. The third-order valence-electron chi connectivity index (χ3n) is 5.24. The van der Waals surface area contributed by atoms with E-state index in [1.807, 2.05) is 17.0 Å². The summed E-state index contributed by atoms with van der Waals surface area (Å²) < 4.78 is 2.14. The van der Waals surface area contributed by atoms with Gasteiger partial charge in [-0.25, -0.2) is 4.98 Å². The predicted molar refractivity (Wildman–Crippen MR) is 98.1 cm³/mol. The maximum absolute atomic E-state index is 13.3. The van der Waals surface area contributed by atoms with Crippen molar-refractivity contribution in [3.63, 3.8) is 0 Å². The number of amides is 1. The molecule has 2 aromatic heterocycles. The average Bonchev–Trinajstić information content (AvgIpc) is 3.30. The van der Waals surface area contributed by atoms with Crippen molar-refractivity contribution in [3.05, 3.63) is 35.8 Å². The van der Waals surface area contributed by atoms with Crippen molar-refractivity contribution in [3.8, 4) is 0 Å². The molecule has 0 saturated heterocycles. The molecule has 1 saturated carbocycles. The molecule has 0 unspecified atom stereocenters. The Kier molecular flexibility index (Phi) is 4.42. The second-order valence-electron chi connectivity index (χ2n) is 6.89. The standard InChI is InChI=1S/C19H25N5O/c1-2-6-16-15(13-22-24(16)14-7-3-4-8-14)19(25)23-12-11-21-18-17(23)9-5-10-20-18/h5,9-10,13-14H,2-4,6-8,11-12H2,1H3,(H,20,21). The number of nitrogens with zero attached hydrogens (tertiary/aromatic N) is 4. The molecule has 4 rings (SSSR count). The summed E-state index contributed by atoms with van der Waals surface area (Å²) >= 11 is 0. The average molecular weight is 339 g/mol. The largest absolute Gasteiger partial charge is 0.367 e. The van der Waals surface area contributed by atoms with E-state index in [0.717, 1.165) is 42.1 Å². The van der Waals surface area contributed by atoms with E-state index in [2.05, 4.69) is 27.0 Å². The van der Waals surface area contributed by atoms with Gasteiger partial charge in [-0.05, 0) is 31.4 Å². The SMILES string of the molecule is CCCc1c(C(=O)N2CCNc3ncccc32)cnn1C1CCCC1. The summed E-state index contributed by atoms with van der Waals surface area (Å²) in [4.78, 5) is 19.5. The molecule has 1 fully saturated rings. The van der Waals surface area contributed by atoms with Gasteiger partial charge in [0.1, 0.15) is 5.82 Å². The maximum atomic E-state index is 13.3. The van der Waals surface area contributed by atoms with E-state index in [9.17, 15) is 4.79 Å². The molecule has 2 aromatic rings. The minimum absolute atomic E-state index is 0.0449. The zero-order chi connectivity index (χ0) is 17.2. The van der Waals surface area contributed by atoms with E-state index in [4.69, 9.17) is 0 Å². The van der Waals surface area contributed by atoms with Gasteiger partial charge in [-0.2, -0.15) is 5.10 Å². The van der Waals surface area contributed by atoms with Crippen molar-refractivity contribution in [2.75, 3.05) is 23.3 Å². The summed E-state index contributed by atoms with van der Waals surface area (Å²) in [6.45, 7) is 3.53. The Morgan fingerprint density at radius 1 is 1.36 bits per heavy atom. The first-order valence-electron chi connectivity index (χ1n) is 9.36. The van der Waals surface area contributed by atoms with E-state index in [1.165, 1.54) is 25.7 Å². The number of hydrogen-bond donors (Lipinski definition) is 1. The minimum Gasteiger partial charge on any atom is -0.367 e. The molecular formula is C19H25N5O. The fourth-order valence-corrected chi connectivity index (χ4v) is 4.03. The van der Waals surface area contributed by atoms with Gasteiger partial charge in [-0.3, -0.25) is 9.48 Å². The van der Waals surface area contributed by atoms with Crippen LogP contribution in [0.3, 0.4) is 0 Å². The van der Waals surface area contributed by atoms with Crippen LogP contribution in [0.4, 0.5) is 11.5 Å². The summed E-state index contributed by atoms with van der Waals surface area (Å²) in [5.74, 6) is 0.825. The molecular weight excluding hydrogens is 314 g/mol. The number of carbonyl (C=O) groups is 1. The molecule has 6 nitrogen and oxygen atoms in total. The quantitative estimate of drug-likeness (QED) is 0.927. The van der Waals surface area contributed by atoms with Crippen LogP contribution in [0.2, 0.25) is 0 Å². The summed E-state index contributed by atoms with van der Waals surface area (Å²) in [5, 5.41) is 7.89. The highest BCUT2D eigenvalue weighted by Crippen LogP contribution is 2.33. The maximum Gasteiger partial charge on any atom is 0.261 e. The number of fused-ring (bicyclic) bond motifs is 1. The molecule has 25 heavy (non-hydrogen) atoms. The normalized spacial score (nSPS) is 17.4. The fourth-order valence-electron chi connectivity index (χ4n) is 4.03. The zero-order valence-electron chi connectivity index (χ0n) is 14.7. The molecule has 1 N–H and O–H groups in total. The number of rotatable bonds is 4. The van der Waals surface area contributed by atoms with E-state index in [1.54, 1.807) is 12.4 Å². The van der Waals surface area contributed by atoms with E-state index in [-0.39, 0.29) is 5.91 Å². The lowest BCUT2D eigenvalue weighted by Crippen LogP contribution is -2.39. The van der Waals surface area contributed by atoms with E-state index >= 15 is 0 Å². The highest BCUT2D eigenvalue weighted by molar-refractivity contribution is 6.08. The summed E-state index contributed by atoms with van der Waals surface area (Å²) in [7, 11) is 0. The Hall–Kier alpha value is -2.37. The van der Waals surface area contributed by atoms with Crippen LogP contribution in [0.1, 0.15) is 61.1 Å². The van der Waals surface area contributed by atoms with Crippen LogP contribution in [0.15, 0.2) is 24.5 Å². The number of aromatic nitrogens is 3. The third kappa shape index (κ3) is 2.90. The van der Waals surface area contributed by atoms with Gasteiger partial charge < -0.3 is 10.2 Å². The van der Waals surface area contributed by atoms with Gasteiger partial charge >= 0.3 is 0 Å². The molecule has 0 radical (unpaired) electrons. The highest BCUT2D eigenvalue weighted by atomic mass is 16.2. The highest BCUT2D eigenvalue weighted by Gasteiger charge is 2.29. The van der Waals surface area contributed by atoms with Crippen LogP contribution in [-0.2, 0) is 6.42 Å². The predicted octanol–water partition coefficient (Wildman–Crippen LogP) is 3.42. The fraction of sp³-hybridized carbons (Fsp3) is 0.526. The smallest absolute Gasteiger partial charge is 0.261 e. The van der Waals surface area contributed by atoms with Gasteiger partial charge in [0.25, 0.3) is 5.91 Å². The van der Waals surface area contributed by atoms with Crippen molar-refractivity contribution >= 4 is 17.4 Å². The first-order chi connectivity index (χ1) is 12.3. The van der Waals surface area contributed by atoms with Crippen molar-refractivity contribution < 1.29 is 4.79 Å². The van der Waals surface area contributed by atoms with Gasteiger partial charge in [0.15, 0.2) is 0 Å². The van der Waals surface area contributed by atoms with E-state index < -0.39 is 0 Å². The van der Waals surface area contributed by atoms with Crippen LogP contribution in [0.5, 0.6) is 0 Å². The van der Waals surface area contributed by atoms with Gasteiger partial charge in [0.05, 0.1) is 29.2 Å². The molecule has 6 heteroatoms. The number of anilines is 2. The lowest BCUT2D eigenvalue weighted by atomic mass is 10.1. The Balaban J connectivity index is 1.69. The second-order valence-corrected chi connectivity index (χ2v) is 6.89. The molecule has 3 heterocycles. The topological polar surface area (TPSA) is 63.1 Å². The molecule has 0 spiro atoms. The summed E-state index contributed by atoms with van der Waals surface area (Å²) in [6, 6.07) is 4.29. The van der Waals surface area contributed by atoms with Gasteiger partial charge in [0.2, 0.25) is 0 Å². The van der Waals surface area contributed by atoms with Crippen molar-refractivity contribution in [1.82, 2.24) is 14.8 Å². The first kappa shape index (κ1) is 16.1. The van der Waals surface area contributed by atoms with Gasteiger partial charge in [-0.1, -0.05) is 26.2 Å². The van der Waals surface area contributed by atoms with Gasteiger partial charge in [-0.15, -0.1) is 0 Å².